The van der Waals surface area contributed by atoms with Crippen LogP contribution in [-0.4, -0.2) is 15.5 Å². The second-order valence-corrected chi connectivity index (χ2v) is 7.58. The minimum Gasteiger partial charge on any atom is -0.465 e. The Bertz CT molecular complexity index is 686. The van der Waals surface area contributed by atoms with Crippen LogP contribution in [0, 0.1) is 13.8 Å². The van der Waals surface area contributed by atoms with Gasteiger partial charge in [0.15, 0.2) is 0 Å². The van der Waals surface area contributed by atoms with Gasteiger partial charge < -0.3 is 9.73 Å². The summed E-state index contributed by atoms with van der Waals surface area (Å²) in [6.07, 6.45) is 0. The zero-order valence-corrected chi connectivity index (χ0v) is 13.3. The van der Waals surface area contributed by atoms with Crippen LogP contribution in [0.25, 0.3) is 0 Å². The topological polar surface area (TPSA) is 71.3 Å². The Morgan fingerprint density at radius 1 is 1.25 bits per heavy atom. The molecule has 0 aliphatic heterocycles. The van der Waals surface area contributed by atoms with Gasteiger partial charge in [0, 0.05) is 16.3 Å². The number of furan rings is 1. The first kappa shape index (κ1) is 15.2. The van der Waals surface area contributed by atoms with Crippen molar-refractivity contribution in [3.8, 4) is 0 Å². The fourth-order valence-corrected chi connectivity index (χ4v) is 4.51. The van der Waals surface area contributed by atoms with E-state index in [9.17, 15) is 8.42 Å². The van der Waals surface area contributed by atoms with E-state index < -0.39 is 10.0 Å². The van der Waals surface area contributed by atoms with E-state index in [-0.39, 0.29) is 6.54 Å². The van der Waals surface area contributed by atoms with Gasteiger partial charge >= 0.3 is 0 Å². The number of hydrogen-bond donors (Lipinski definition) is 2. The molecule has 0 fully saturated rings. The molecule has 0 amide bonds. The Morgan fingerprint density at radius 2 is 2.00 bits per heavy atom. The normalized spacial score (nSPS) is 11.9. The van der Waals surface area contributed by atoms with Crippen LogP contribution in [0.5, 0.6) is 0 Å². The molecule has 0 aliphatic carbocycles. The molecule has 0 saturated heterocycles. The van der Waals surface area contributed by atoms with Gasteiger partial charge in [-0.05, 0) is 39.1 Å². The second kappa shape index (κ2) is 6.09. The van der Waals surface area contributed by atoms with Gasteiger partial charge in [-0.15, -0.1) is 11.3 Å². The third-order valence-corrected chi connectivity index (χ3v) is 5.50. The number of hydrogen-bond acceptors (Lipinski definition) is 5. The summed E-state index contributed by atoms with van der Waals surface area (Å²) in [4.78, 5) is 2.13. The maximum absolute atomic E-state index is 12.3. The molecule has 0 aromatic carbocycles. The van der Waals surface area contributed by atoms with E-state index in [4.69, 9.17) is 4.42 Å². The van der Waals surface area contributed by atoms with Crippen LogP contribution in [0.4, 0.5) is 0 Å². The predicted octanol–water partition coefficient (Wildman–Crippen LogP) is 2.16. The third kappa shape index (κ3) is 3.49. The van der Waals surface area contributed by atoms with Crippen molar-refractivity contribution in [1.82, 2.24) is 10.0 Å². The largest absolute Gasteiger partial charge is 0.465 e. The molecule has 5 nitrogen and oxygen atoms in total. The second-order valence-electron chi connectivity index (χ2n) is 4.50. The highest BCUT2D eigenvalue weighted by atomic mass is 32.2. The summed E-state index contributed by atoms with van der Waals surface area (Å²) in [5.74, 6) is 1.37. The molecule has 2 aromatic heterocycles. The predicted molar refractivity (Wildman–Crippen MR) is 79.3 cm³/mol. The van der Waals surface area contributed by atoms with Gasteiger partial charge in [0.05, 0.1) is 11.4 Å². The van der Waals surface area contributed by atoms with Crippen molar-refractivity contribution in [2.45, 2.75) is 31.8 Å². The van der Waals surface area contributed by atoms with Gasteiger partial charge in [-0.3, -0.25) is 0 Å². The average molecular weight is 314 g/mol. The van der Waals surface area contributed by atoms with Crippen molar-refractivity contribution >= 4 is 21.4 Å². The quantitative estimate of drug-likeness (QED) is 0.857. The molecular formula is C13H18N2O3S2. The summed E-state index contributed by atoms with van der Waals surface area (Å²) in [6, 6.07) is 5.29. The highest BCUT2D eigenvalue weighted by Gasteiger charge is 2.20. The molecule has 0 bridgehead atoms. The standard InChI is InChI=1S/C13H18N2O3S2/c1-9-4-5-11(18-9)7-15-20(16,17)13-6-12(8-14-3)19-10(13)2/h4-6,14-15H,7-8H2,1-3H3. The molecule has 0 unspecified atom stereocenters. The van der Waals surface area contributed by atoms with Crippen LogP contribution < -0.4 is 10.0 Å². The summed E-state index contributed by atoms with van der Waals surface area (Å²) >= 11 is 1.49. The van der Waals surface area contributed by atoms with Crippen LogP contribution in [0.1, 0.15) is 21.3 Å². The minimum atomic E-state index is -3.50. The van der Waals surface area contributed by atoms with Crippen LogP contribution >= 0.6 is 11.3 Å². The van der Waals surface area contributed by atoms with Crippen LogP contribution in [0.15, 0.2) is 27.5 Å². The Labute approximate surface area is 123 Å². The molecule has 110 valence electrons. The molecule has 0 aliphatic rings. The smallest absolute Gasteiger partial charge is 0.242 e. The van der Waals surface area contributed by atoms with Crippen molar-refractivity contribution in [1.29, 1.82) is 0 Å². The highest BCUT2D eigenvalue weighted by Crippen LogP contribution is 2.25. The van der Waals surface area contributed by atoms with Gasteiger partial charge in [-0.2, -0.15) is 0 Å². The molecule has 2 heterocycles. The molecule has 0 saturated carbocycles. The summed E-state index contributed by atoms with van der Waals surface area (Å²) in [5.41, 5.74) is 0. The minimum absolute atomic E-state index is 0.160. The van der Waals surface area contributed by atoms with Crippen molar-refractivity contribution in [2.75, 3.05) is 7.05 Å². The molecule has 20 heavy (non-hydrogen) atoms. The molecule has 0 atom stereocenters. The van der Waals surface area contributed by atoms with Crippen molar-refractivity contribution in [3.63, 3.8) is 0 Å². The summed E-state index contributed by atoms with van der Waals surface area (Å²) in [6.45, 7) is 4.46. The summed E-state index contributed by atoms with van der Waals surface area (Å²) in [5, 5.41) is 3.02. The molecule has 0 radical (unpaired) electrons. The number of thiophene rings is 1. The lowest BCUT2D eigenvalue weighted by molar-refractivity contribution is 0.475. The maximum atomic E-state index is 12.3. The van der Waals surface area contributed by atoms with E-state index in [0.29, 0.717) is 17.2 Å². The van der Waals surface area contributed by atoms with Crippen LogP contribution in [0.3, 0.4) is 0 Å². The average Bonchev–Trinajstić information content (AvgIpc) is 2.94. The van der Waals surface area contributed by atoms with E-state index in [1.165, 1.54) is 11.3 Å². The fraction of sp³-hybridized carbons (Fsp3) is 0.385. The number of nitrogens with one attached hydrogen (secondary N) is 2. The lowest BCUT2D eigenvalue weighted by Crippen LogP contribution is -2.23. The molecule has 2 N–H and O–H groups in total. The Morgan fingerprint density at radius 3 is 2.60 bits per heavy atom. The molecule has 0 spiro atoms. The number of rotatable bonds is 6. The molecule has 7 heteroatoms. The first-order valence-electron chi connectivity index (χ1n) is 6.21. The van der Waals surface area contributed by atoms with Gasteiger partial charge in [-0.1, -0.05) is 0 Å². The van der Waals surface area contributed by atoms with E-state index in [0.717, 1.165) is 15.5 Å². The van der Waals surface area contributed by atoms with Crippen LogP contribution in [0.2, 0.25) is 0 Å². The lowest BCUT2D eigenvalue weighted by Gasteiger charge is -2.04. The fourth-order valence-electron chi connectivity index (χ4n) is 1.88. The van der Waals surface area contributed by atoms with E-state index in [2.05, 4.69) is 10.0 Å². The molecule has 2 rings (SSSR count). The highest BCUT2D eigenvalue weighted by molar-refractivity contribution is 7.89. The zero-order valence-electron chi connectivity index (χ0n) is 11.7. The third-order valence-electron chi connectivity index (χ3n) is 2.80. The van der Waals surface area contributed by atoms with Gasteiger partial charge in [0.2, 0.25) is 10.0 Å². The van der Waals surface area contributed by atoms with Gasteiger partial charge in [0.1, 0.15) is 11.5 Å². The summed E-state index contributed by atoms with van der Waals surface area (Å²) < 4.78 is 32.5. The number of aryl methyl sites for hydroxylation is 2. The molecule has 2 aromatic rings. The maximum Gasteiger partial charge on any atom is 0.242 e. The van der Waals surface area contributed by atoms with E-state index >= 15 is 0 Å². The van der Waals surface area contributed by atoms with Crippen molar-refractivity contribution in [2.24, 2.45) is 0 Å². The Kier molecular flexibility index (Phi) is 4.64. The zero-order chi connectivity index (χ0) is 14.8. The van der Waals surface area contributed by atoms with E-state index in [1.54, 1.807) is 12.1 Å². The molecular weight excluding hydrogens is 296 g/mol. The van der Waals surface area contributed by atoms with Crippen molar-refractivity contribution in [3.05, 3.63) is 39.5 Å². The first-order chi connectivity index (χ1) is 9.42. The first-order valence-corrected chi connectivity index (χ1v) is 8.51. The van der Waals surface area contributed by atoms with E-state index in [1.807, 2.05) is 27.0 Å². The number of sulfonamides is 1. The monoisotopic (exact) mass is 314 g/mol. The van der Waals surface area contributed by atoms with Crippen molar-refractivity contribution < 1.29 is 12.8 Å². The Balaban J connectivity index is 2.13. The van der Waals surface area contributed by atoms with Crippen LogP contribution in [-0.2, 0) is 23.1 Å². The van der Waals surface area contributed by atoms with Gasteiger partial charge in [-0.25, -0.2) is 13.1 Å². The Hall–Kier alpha value is -1.15. The SMILES string of the molecule is CNCc1cc(S(=O)(=O)NCc2ccc(C)o2)c(C)s1. The summed E-state index contributed by atoms with van der Waals surface area (Å²) in [7, 11) is -1.67. The van der Waals surface area contributed by atoms with Gasteiger partial charge in [0.25, 0.3) is 0 Å². The lowest BCUT2D eigenvalue weighted by atomic mass is 10.4.